The van der Waals surface area contributed by atoms with Gasteiger partial charge in [0, 0.05) is 12.6 Å². The molecule has 0 aromatic carbocycles. The zero-order valence-electron chi connectivity index (χ0n) is 9.18. The lowest BCUT2D eigenvalue weighted by Gasteiger charge is -2.33. The van der Waals surface area contributed by atoms with Crippen LogP contribution in [0.25, 0.3) is 0 Å². The molecule has 0 bridgehead atoms. The summed E-state index contributed by atoms with van der Waals surface area (Å²) in [6.45, 7) is 8.71. The SMILES string of the molecule is CCNC(C(C)C)C1CCCCO1. The van der Waals surface area contributed by atoms with Crippen LogP contribution in [0.15, 0.2) is 0 Å². The molecule has 0 aromatic rings. The van der Waals surface area contributed by atoms with Gasteiger partial charge in [0.05, 0.1) is 6.10 Å². The van der Waals surface area contributed by atoms with Crippen molar-refractivity contribution in [2.75, 3.05) is 13.2 Å². The molecule has 1 fully saturated rings. The van der Waals surface area contributed by atoms with Gasteiger partial charge in [-0.2, -0.15) is 0 Å². The van der Waals surface area contributed by atoms with E-state index in [1.54, 1.807) is 0 Å². The molecule has 1 saturated heterocycles. The first-order valence-corrected chi connectivity index (χ1v) is 5.60. The Morgan fingerprint density at radius 3 is 2.62 bits per heavy atom. The normalized spacial score (nSPS) is 26.3. The molecule has 0 radical (unpaired) electrons. The molecule has 2 unspecified atom stereocenters. The number of hydrogen-bond acceptors (Lipinski definition) is 2. The fourth-order valence-corrected chi connectivity index (χ4v) is 2.08. The molecule has 1 aliphatic rings. The third kappa shape index (κ3) is 3.28. The van der Waals surface area contributed by atoms with E-state index in [-0.39, 0.29) is 0 Å². The predicted octanol–water partition coefficient (Wildman–Crippen LogP) is 2.19. The Morgan fingerprint density at radius 1 is 1.38 bits per heavy atom. The maximum atomic E-state index is 5.79. The number of likely N-dealkylation sites (N-methyl/N-ethyl adjacent to an activating group) is 1. The number of hydrogen-bond donors (Lipinski definition) is 1. The van der Waals surface area contributed by atoms with Crippen LogP contribution in [0.1, 0.15) is 40.0 Å². The van der Waals surface area contributed by atoms with Crippen LogP contribution in [0.3, 0.4) is 0 Å². The summed E-state index contributed by atoms with van der Waals surface area (Å²) >= 11 is 0. The van der Waals surface area contributed by atoms with Gasteiger partial charge in [0.25, 0.3) is 0 Å². The van der Waals surface area contributed by atoms with E-state index >= 15 is 0 Å². The highest BCUT2D eigenvalue weighted by Crippen LogP contribution is 2.20. The van der Waals surface area contributed by atoms with Crippen LogP contribution in [0.5, 0.6) is 0 Å². The van der Waals surface area contributed by atoms with E-state index in [2.05, 4.69) is 26.1 Å². The summed E-state index contributed by atoms with van der Waals surface area (Å²) in [4.78, 5) is 0. The monoisotopic (exact) mass is 185 g/mol. The van der Waals surface area contributed by atoms with Crippen LogP contribution >= 0.6 is 0 Å². The van der Waals surface area contributed by atoms with E-state index < -0.39 is 0 Å². The van der Waals surface area contributed by atoms with Gasteiger partial charge < -0.3 is 10.1 Å². The third-order valence-electron chi connectivity index (χ3n) is 2.77. The lowest BCUT2D eigenvalue weighted by Crippen LogP contribution is -2.46. The van der Waals surface area contributed by atoms with Gasteiger partial charge in [-0.05, 0) is 31.7 Å². The lowest BCUT2D eigenvalue weighted by atomic mass is 9.93. The quantitative estimate of drug-likeness (QED) is 0.725. The molecular weight excluding hydrogens is 162 g/mol. The van der Waals surface area contributed by atoms with Crippen LogP contribution in [0.4, 0.5) is 0 Å². The van der Waals surface area contributed by atoms with Crippen LogP contribution in [0, 0.1) is 5.92 Å². The van der Waals surface area contributed by atoms with E-state index in [0.717, 1.165) is 13.2 Å². The van der Waals surface area contributed by atoms with Crippen molar-refractivity contribution >= 4 is 0 Å². The Bertz CT molecular complexity index is 130. The standard InChI is InChI=1S/C11H23NO/c1-4-12-11(9(2)3)10-7-5-6-8-13-10/h9-12H,4-8H2,1-3H3. The average molecular weight is 185 g/mol. The molecule has 78 valence electrons. The van der Waals surface area contributed by atoms with Crippen molar-refractivity contribution in [3.63, 3.8) is 0 Å². The molecule has 1 N–H and O–H groups in total. The van der Waals surface area contributed by atoms with Crippen LogP contribution in [0.2, 0.25) is 0 Å². The van der Waals surface area contributed by atoms with Gasteiger partial charge >= 0.3 is 0 Å². The zero-order valence-corrected chi connectivity index (χ0v) is 9.18. The minimum Gasteiger partial charge on any atom is -0.377 e. The molecule has 1 rings (SSSR count). The fourth-order valence-electron chi connectivity index (χ4n) is 2.08. The second-order valence-corrected chi connectivity index (χ2v) is 4.23. The predicted molar refractivity (Wildman–Crippen MR) is 55.9 cm³/mol. The number of rotatable bonds is 4. The summed E-state index contributed by atoms with van der Waals surface area (Å²) in [5, 5.41) is 3.53. The minimum atomic E-state index is 0.452. The molecular formula is C11H23NO. The second kappa shape index (κ2) is 5.61. The summed E-state index contributed by atoms with van der Waals surface area (Å²) in [5.41, 5.74) is 0. The third-order valence-corrected chi connectivity index (χ3v) is 2.77. The Hall–Kier alpha value is -0.0800. The highest BCUT2D eigenvalue weighted by atomic mass is 16.5. The molecule has 13 heavy (non-hydrogen) atoms. The Morgan fingerprint density at radius 2 is 2.15 bits per heavy atom. The van der Waals surface area contributed by atoms with E-state index in [1.807, 2.05) is 0 Å². The smallest absolute Gasteiger partial charge is 0.0730 e. The summed E-state index contributed by atoms with van der Waals surface area (Å²) in [7, 11) is 0. The van der Waals surface area contributed by atoms with Crippen molar-refractivity contribution in [2.24, 2.45) is 5.92 Å². The maximum absolute atomic E-state index is 5.79. The highest BCUT2D eigenvalue weighted by molar-refractivity contribution is 4.81. The van der Waals surface area contributed by atoms with Gasteiger partial charge in [-0.15, -0.1) is 0 Å². The van der Waals surface area contributed by atoms with Gasteiger partial charge in [-0.3, -0.25) is 0 Å². The van der Waals surface area contributed by atoms with E-state index in [0.29, 0.717) is 18.1 Å². The van der Waals surface area contributed by atoms with Crippen molar-refractivity contribution in [1.82, 2.24) is 5.32 Å². The Labute approximate surface area is 82.0 Å². The summed E-state index contributed by atoms with van der Waals surface area (Å²) in [5.74, 6) is 0.669. The number of ether oxygens (including phenoxy) is 1. The molecule has 0 amide bonds. The molecule has 1 aliphatic heterocycles. The maximum Gasteiger partial charge on any atom is 0.0730 e. The lowest BCUT2D eigenvalue weighted by molar-refractivity contribution is -0.0171. The summed E-state index contributed by atoms with van der Waals surface area (Å²) < 4.78 is 5.79. The first-order valence-electron chi connectivity index (χ1n) is 5.60. The Kier molecular flexibility index (Phi) is 4.74. The van der Waals surface area contributed by atoms with Crippen molar-refractivity contribution < 1.29 is 4.74 Å². The van der Waals surface area contributed by atoms with Crippen LogP contribution in [-0.4, -0.2) is 25.3 Å². The van der Waals surface area contributed by atoms with Gasteiger partial charge in [-0.25, -0.2) is 0 Å². The average Bonchev–Trinajstić information content (AvgIpc) is 2.15. The summed E-state index contributed by atoms with van der Waals surface area (Å²) in [6, 6.07) is 0.547. The first-order chi connectivity index (χ1) is 6.25. The second-order valence-electron chi connectivity index (χ2n) is 4.23. The van der Waals surface area contributed by atoms with Crippen molar-refractivity contribution in [1.29, 1.82) is 0 Å². The van der Waals surface area contributed by atoms with Crippen molar-refractivity contribution in [3.8, 4) is 0 Å². The molecule has 0 saturated carbocycles. The van der Waals surface area contributed by atoms with Gasteiger partial charge in [0.15, 0.2) is 0 Å². The topological polar surface area (TPSA) is 21.3 Å². The molecule has 1 heterocycles. The van der Waals surface area contributed by atoms with E-state index in [1.165, 1.54) is 19.3 Å². The van der Waals surface area contributed by atoms with Gasteiger partial charge in [0.2, 0.25) is 0 Å². The first kappa shape index (κ1) is 11.0. The van der Waals surface area contributed by atoms with Crippen LogP contribution in [-0.2, 0) is 4.74 Å². The molecule has 0 spiro atoms. The van der Waals surface area contributed by atoms with Crippen LogP contribution < -0.4 is 5.32 Å². The van der Waals surface area contributed by atoms with E-state index in [9.17, 15) is 0 Å². The van der Waals surface area contributed by atoms with Gasteiger partial charge in [0.1, 0.15) is 0 Å². The highest BCUT2D eigenvalue weighted by Gasteiger charge is 2.25. The zero-order chi connectivity index (χ0) is 9.68. The largest absolute Gasteiger partial charge is 0.377 e. The van der Waals surface area contributed by atoms with Crippen molar-refractivity contribution in [3.05, 3.63) is 0 Å². The molecule has 2 nitrogen and oxygen atoms in total. The summed E-state index contributed by atoms with van der Waals surface area (Å²) in [6.07, 6.45) is 4.26. The van der Waals surface area contributed by atoms with Crippen molar-refractivity contribution in [2.45, 2.75) is 52.2 Å². The van der Waals surface area contributed by atoms with Gasteiger partial charge in [-0.1, -0.05) is 20.8 Å². The fraction of sp³-hybridized carbons (Fsp3) is 1.00. The minimum absolute atomic E-state index is 0.452. The molecule has 2 heteroatoms. The molecule has 2 atom stereocenters. The molecule has 0 aliphatic carbocycles. The Balaban J connectivity index is 2.41. The molecule has 0 aromatic heterocycles. The van der Waals surface area contributed by atoms with E-state index in [4.69, 9.17) is 4.74 Å². The number of nitrogens with one attached hydrogen (secondary N) is 1.